The van der Waals surface area contributed by atoms with Gasteiger partial charge in [0.25, 0.3) is 0 Å². The van der Waals surface area contributed by atoms with Crippen LogP contribution in [0.3, 0.4) is 0 Å². The van der Waals surface area contributed by atoms with Crippen LogP contribution in [0, 0.1) is 0 Å². The Kier molecular flexibility index (Phi) is 2.92. The van der Waals surface area contributed by atoms with E-state index >= 15 is 0 Å². The van der Waals surface area contributed by atoms with Crippen molar-refractivity contribution in [3.05, 3.63) is 17.0 Å². The number of fused-ring (bicyclic) bond motifs is 1. The van der Waals surface area contributed by atoms with Gasteiger partial charge >= 0.3 is 0 Å². The molecular formula is C13H22N4. The molecule has 1 saturated carbocycles. The van der Waals surface area contributed by atoms with Crippen LogP contribution >= 0.6 is 0 Å². The molecule has 0 unspecified atom stereocenters. The molecule has 3 rings (SSSR count). The highest BCUT2D eigenvalue weighted by atomic mass is 15.3. The highest BCUT2D eigenvalue weighted by Crippen LogP contribution is 2.42. The van der Waals surface area contributed by atoms with Crippen LogP contribution in [0.4, 0.5) is 0 Å². The third kappa shape index (κ3) is 2.24. The summed E-state index contributed by atoms with van der Waals surface area (Å²) in [4.78, 5) is 2.23. The molecule has 4 heteroatoms. The molecule has 0 bridgehead atoms. The van der Waals surface area contributed by atoms with Gasteiger partial charge in [0.15, 0.2) is 0 Å². The highest BCUT2D eigenvalue weighted by Gasteiger charge is 2.32. The number of rotatable bonds is 4. The van der Waals surface area contributed by atoms with Gasteiger partial charge < -0.3 is 10.2 Å². The fourth-order valence-electron chi connectivity index (χ4n) is 2.61. The number of hydrogen-bond donors (Lipinski definition) is 1. The number of hydrogen-bond acceptors (Lipinski definition) is 3. The molecule has 1 fully saturated rings. The summed E-state index contributed by atoms with van der Waals surface area (Å²) in [5, 5.41) is 8.35. The Bertz CT molecular complexity index is 404. The SMILES string of the molecule is CN(C)CCn1nc(C2CC2)c2c1CCNC2. The van der Waals surface area contributed by atoms with Gasteiger partial charge in [-0.1, -0.05) is 0 Å². The Morgan fingerprint density at radius 2 is 2.24 bits per heavy atom. The van der Waals surface area contributed by atoms with Crippen LogP contribution in [0.1, 0.15) is 35.7 Å². The van der Waals surface area contributed by atoms with Gasteiger partial charge in [-0.25, -0.2) is 0 Å². The lowest BCUT2D eigenvalue weighted by molar-refractivity contribution is 0.367. The van der Waals surface area contributed by atoms with Crippen LogP contribution in [0.2, 0.25) is 0 Å². The second-order valence-corrected chi connectivity index (χ2v) is 5.54. The van der Waals surface area contributed by atoms with Gasteiger partial charge in [-0.05, 0) is 26.9 Å². The van der Waals surface area contributed by atoms with Crippen molar-refractivity contribution in [2.75, 3.05) is 27.2 Å². The lowest BCUT2D eigenvalue weighted by Gasteiger charge is -2.16. The Morgan fingerprint density at radius 3 is 2.94 bits per heavy atom. The maximum absolute atomic E-state index is 4.88. The molecule has 0 amide bonds. The normalized spacial score (nSPS) is 19.7. The number of nitrogens with one attached hydrogen (secondary N) is 1. The van der Waals surface area contributed by atoms with Gasteiger partial charge in [0.2, 0.25) is 0 Å². The summed E-state index contributed by atoms with van der Waals surface area (Å²) in [6.45, 7) is 4.24. The Hall–Kier alpha value is -0.870. The minimum Gasteiger partial charge on any atom is -0.312 e. The largest absolute Gasteiger partial charge is 0.312 e. The van der Waals surface area contributed by atoms with Crippen molar-refractivity contribution in [3.63, 3.8) is 0 Å². The number of aromatic nitrogens is 2. The minimum atomic E-state index is 0.768. The number of nitrogens with zero attached hydrogens (tertiary/aromatic N) is 3. The maximum Gasteiger partial charge on any atom is 0.0703 e. The monoisotopic (exact) mass is 234 g/mol. The predicted molar refractivity (Wildman–Crippen MR) is 68.2 cm³/mol. The van der Waals surface area contributed by atoms with E-state index in [0.29, 0.717) is 0 Å². The first-order valence-electron chi connectivity index (χ1n) is 6.69. The molecule has 0 saturated heterocycles. The second-order valence-electron chi connectivity index (χ2n) is 5.54. The molecule has 1 aromatic heterocycles. The van der Waals surface area contributed by atoms with Crippen LogP contribution in [0.5, 0.6) is 0 Å². The third-order valence-electron chi connectivity index (χ3n) is 3.76. The van der Waals surface area contributed by atoms with Crippen molar-refractivity contribution < 1.29 is 0 Å². The van der Waals surface area contributed by atoms with Crippen LogP contribution in [-0.4, -0.2) is 41.9 Å². The summed E-state index contributed by atoms with van der Waals surface area (Å²) in [7, 11) is 4.25. The molecule has 1 aliphatic heterocycles. The summed E-state index contributed by atoms with van der Waals surface area (Å²) in [5.74, 6) is 0.768. The lowest BCUT2D eigenvalue weighted by Crippen LogP contribution is -2.26. The van der Waals surface area contributed by atoms with E-state index in [1.807, 2.05) is 0 Å². The molecule has 2 aliphatic rings. The van der Waals surface area contributed by atoms with Crippen molar-refractivity contribution in [2.24, 2.45) is 0 Å². The Balaban J connectivity index is 1.86. The van der Waals surface area contributed by atoms with Gasteiger partial charge in [0, 0.05) is 43.2 Å². The Labute approximate surface area is 103 Å². The first-order valence-corrected chi connectivity index (χ1v) is 6.69. The van der Waals surface area contributed by atoms with Crippen LogP contribution in [-0.2, 0) is 19.5 Å². The van der Waals surface area contributed by atoms with Crippen LogP contribution in [0.15, 0.2) is 0 Å². The zero-order chi connectivity index (χ0) is 11.8. The standard InChI is InChI=1S/C13H22N4/c1-16(2)7-8-17-12-5-6-14-9-11(12)13(15-17)10-3-4-10/h10,14H,3-9H2,1-2H3. The summed E-state index contributed by atoms with van der Waals surface area (Å²) in [6.07, 6.45) is 3.83. The summed E-state index contributed by atoms with van der Waals surface area (Å²) >= 11 is 0. The van der Waals surface area contributed by atoms with Gasteiger partial charge in [-0.15, -0.1) is 0 Å². The second kappa shape index (κ2) is 4.42. The average molecular weight is 234 g/mol. The fraction of sp³-hybridized carbons (Fsp3) is 0.769. The van der Waals surface area contributed by atoms with Gasteiger partial charge in [0.1, 0.15) is 0 Å². The molecule has 1 aromatic rings. The van der Waals surface area contributed by atoms with Crippen LogP contribution in [0.25, 0.3) is 0 Å². The summed E-state index contributed by atoms with van der Waals surface area (Å²) in [6, 6.07) is 0. The molecule has 17 heavy (non-hydrogen) atoms. The third-order valence-corrected chi connectivity index (χ3v) is 3.76. The molecule has 1 aliphatic carbocycles. The quantitative estimate of drug-likeness (QED) is 0.842. The predicted octanol–water partition coefficient (Wildman–Crippen LogP) is 0.968. The molecule has 0 atom stereocenters. The van der Waals surface area contributed by atoms with E-state index < -0.39 is 0 Å². The zero-order valence-electron chi connectivity index (χ0n) is 10.9. The van der Waals surface area contributed by atoms with Gasteiger partial charge in [-0.2, -0.15) is 5.10 Å². The average Bonchev–Trinajstić information content (AvgIpc) is 3.09. The van der Waals surface area contributed by atoms with E-state index in [1.54, 1.807) is 0 Å². The van der Waals surface area contributed by atoms with E-state index in [4.69, 9.17) is 5.10 Å². The molecule has 2 heterocycles. The smallest absolute Gasteiger partial charge is 0.0703 e. The molecule has 94 valence electrons. The van der Waals surface area contributed by atoms with E-state index in [-0.39, 0.29) is 0 Å². The lowest BCUT2D eigenvalue weighted by atomic mass is 10.0. The first kappa shape index (κ1) is 11.2. The first-order chi connectivity index (χ1) is 8.25. The minimum absolute atomic E-state index is 0.768. The van der Waals surface area contributed by atoms with Crippen molar-refractivity contribution in [3.8, 4) is 0 Å². The van der Waals surface area contributed by atoms with E-state index in [1.165, 1.54) is 29.8 Å². The Morgan fingerprint density at radius 1 is 1.41 bits per heavy atom. The molecule has 0 radical (unpaired) electrons. The number of likely N-dealkylation sites (N-methyl/N-ethyl adjacent to an activating group) is 1. The van der Waals surface area contributed by atoms with Gasteiger partial charge in [0.05, 0.1) is 12.2 Å². The summed E-state index contributed by atoms with van der Waals surface area (Å²) < 4.78 is 2.27. The topological polar surface area (TPSA) is 33.1 Å². The maximum atomic E-state index is 4.88. The molecule has 1 N–H and O–H groups in total. The van der Waals surface area contributed by atoms with Crippen molar-refractivity contribution >= 4 is 0 Å². The molecule has 0 aromatic carbocycles. The van der Waals surface area contributed by atoms with Crippen molar-refractivity contribution in [1.29, 1.82) is 0 Å². The van der Waals surface area contributed by atoms with E-state index in [9.17, 15) is 0 Å². The van der Waals surface area contributed by atoms with E-state index in [2.05, 4.69) is 29.0 Å². The van der Waals surface area contributed by atoms with Crippen LogP contribution < -0.4 is 5.32 Å². The fourth-order valence-corrected chi connectivity index (χ4v) is 2.61. The van der Waals surface area contributed by atoms with E-state index in [0.717, 1.165) is 38.5 Å². The zero-order valence-corrected chi connectivity index (χ0v) is 10.9. The highest BCUT2D eigenvalue weighted by molar-refractivity contribution is 5.33. The van der Waals surface area contributed by atoms with Crippen molar-refractivity contribution in [1.82, 2.24) is 20.0 Å². The van der Waals surface area contributed by atoms with Crippen molar-refractivity contribution in [2.45, 2.75) is 38.3 Å². The van der Waals surface area contributed by atoms with Gasteiger partial charge in [-0.3, -0.25) is 4.68 Å². The summed E-state index contributed by atoms with van der Waals surface area (Å²) in [5.41, 5.74) is 4.40. The molecule has 4 nitrogen and oxygen atoms in total. The molecule has 0 spiro atoms. The molecular weight excluding hydrogens is 212 g/mol.